The van der Waals surface area contributed by atoms with Gasteiger partial charge in [0.05, 0.1) is 27.8 Å². The van der Waals surface area contributed by atoms with Crippen LogP contribution in [0, 0.1) is 0 Å². The first-order valence-corrected chi connectivity index (χ1v) is 10.8. The van der Waals surface area contributed by atoms with Crippen LogP contribution in [0.2, 0.25) is 0 Å². The summed E-state index contributed by atoms with van der Waals surface area (Å²) in [6.45, 7) is -0.796. The lowest BCUT2D eigenvalue weighted by Crippen LogP contribution is -2.21. The van der Waals surface area contributed by atoms with E-state index in [4.69, 9.17) is 13.6 Å². The molecule has 176 valence electrons. The minimum atomic E-state index is -1.24. The number of hydrogen-bond acceptors (Lipinski definition) is 7. The van der Waals surface area contributed by atoms with E-state index in [0.717, 1.165) is 0 Å². The minimum Gasteiger partial charge on any atom is -0.507 e. The van der Waals surface area contributed by atoms with E-state index in [2.05, 4.69) is 0 Å². The summed E-state index contributed by atoms with van der Waals surface area (Å²) in [6, 6.07) is 19.1. The molecule has 2 heterocycles. The molecule has 0 fully saturated rings. The van der Waals surface area contributed by atoms with Gasteiger partial charge in [0, 0.05) is 0 Å². The van der Waals surface area contributed by atoms with Gasteiger partial charge in [-0.2, -0.15) is 0 Å². The van der Waals surface area contributed by atoms with E-state index in [0.29, 0.717) is 11.3 Å². The molecule has 5 aromatic rings. The highest BCUT2D eigenvalue weighted by atomic mass is 19.1. The Bertz CT molecular complexity index is 1550. The molecule has 2 aromatic heterocycles. The number of aromatic hydroxyl groups is 2. The number of para-hydroxylation sites is 2. The van der Waals surface area contributed by atoms with Crippen molar-refractivity contribution in [1.82, 2.24) is 0 Å². The van der Waals surface area contributed by atoms with Gasteiger partial charge < -0.3 is 23.8 Å². The Hall–Kier alpha value is -4.59. The second kappa shape index (κ2) is 8.98. The standard InChI is InChI=1S/C27H19FO7/c28-13-14-33-16-11-9-15(10-12-16)21(22-24(29)17-5-1-3-7-19(17)34-26(22)31)23-25(30)18-6-2-4-8-20(18)35-27(23)32/h1-12,21,29-30H,13-14H2. The summed E-state index contributed by atoms with van der Waals surface area (Å²) < 4.78 is 28.7. The molecule has 0 spiro atoms. The van der Waals surface area contributed by atoms with Crippen molar-refractivity contribution in [3.8, 4) is 17.2 Å². The normalized spacial score (nSPS) is 11.4. The van der Waals surface area contributed by atoms with E-state index in [-0.39, 0.29) is 51.2 Å². The molecule has 0 radical (unpaired) electrons. The summed E-state index contributed by atoms with van der Waals surface area (Å²) in [5.41, 5.74) is -1.53. The smallest absolute Gasteiger partial charge is 0.344 e. The van der Waals surface area contributed by atoms with Gasteiger partial charge in [-0.15, -0.1) is 0 Å². The zero-order chi connectivity index (χ0) is 24.5. The van der Waals surface area contributed by atoms with E-state index < -0.39 is 23.8 Å². The topological polar surface area (TPSA) is 110 Å². The predicted molar refractivity (Wildman–Crippen MR) is 127 cm³/mol. The van der Waals surface area contributed by atoms with Gasteiger partial charge in [-0.25, -0.2) is 14.0 Å². The summed E-state index contributed by atoms with van der Waals surface area (Å²) >= 11 is 0. The van der Waals surface area contributed by atoms with Gasteiger partial charge in [0.25, 0.3) is 0 Å². The van der Waals surface area contributed by atoms with Crippen molar-refractivity contribution >= 4 is 21.9 Å². The summed E-state index contributed by atoms with van der Waals surface area (Å²) in [5, 5.41) is 22.8. The maximum Gasteiger partial charge on any atom is 0.344 e. The van der Waals surface area contributed by atoms with Crippen molar-refractivity contribution in [2.24, 2.45) is 0 Å². The molecule has 0 saturated carbocycles. The van der Waals surface area contributed by atoms with Gasteiger partial charge in [0.2, 0.25) is 0 Å². The van der Waals surface area contributed by atoms with Crippen LogP contribution in [0.15, 0.2) is 91.2 Å². The number of halogens is 1. The Labute approximate surface area is 197 Å². The molecular weight excluding hydrogens is 455 g/mol. The quantitative estimate of drug-likeness (QED) is 0.339. The third-order valence-corrected chi connectivity index (χ3v) is 5.78. The molecule has 0 atom stereocenters. The zero-order valence-corrected chi connectivity index (χ0v) is 18.2. The number of hydrogen-bond donors (Lipinski definition) is 2. The number of benzene rings is 3. The molecule has 0 unspecified atom stereocenters. The summed E-state index contributed by atoms with van der Waals surface area (Å²) in [4.78, 5) is 26.3. The van der Waals surface area contributed by atoms with E-state index in [1.54, 1.807) is 48.5 Å². The van der Waals surface area contributed by atoms with Crippen molar-refractivity contribution in [1.29, 1.82) is 0 Å². The third-order valence-electron chi connectivity index (χ3n) is 5.78. The largest absolute Gasteiger partial charge is 0.507 e. The van der Waals surface area contributed by atoms with Crippen molar-refractivity contribution in [2.75, 3.05) is 13.3 Å². The fraction of sp³-hybridized carbons (Fsp3) is 0.111. The second-order valence-corrected chi connectivity index (χ2v) is 7.84. The summed E-state index contributed by atoms with van der Waals surface area (Å²) in [6.07, 6.45) is 0. The minimum absolute atomic E-state index is 0.132. The van der Waals surface area contributed by atoms with Crippen LogP contribution in [-0.2, 0) is 0 Å². The Morgan fingerprint density at radius 3 is 1.71 bits per heavy atom. The van der Waals surface area contributed by atoms with E-state index in [9.17, 15) is 24.2 Å². The first-order valence-electron chi connectivity index (χ1n) is 10.8. The predicted octanol–water partition coefficient (Wildman–Crippen LogP) is 4.84. The highest BCUT2D eigenvalue weighted by Crippen LogP contribution is 2.42. The van der Waals surface area contributed by atoms with Crippen LogP contribution in [0.5, 0.6) is 17.2 Å². The van der Waals surface area contributed by atoms with Crippen LogP contribution in [0.25, 0.3) is 21.9 Å². The van der Waals surface area contributed by atoms with Crippen LogP contribution < -0.4 is 16.0 Å². The average molecular weight is 474 g/mol. The molecule has 0 amide bonds. The Kier molecular flexibility index (Phi) is 5.70. The molecular formula is C27H19FO7. The molecule has 35 heavy (non-hydrogen) atoms. The SMILES string of the molecule is O=c1oc2ccccc2c(O)c1C(c1ccc(OCCF)cc1)c1c(O)c2ccccc2oc1=O. The number of fused-ring (bicyclic) bond motifs is 2. The molecule has 7 nitrogen and oxygen atoms in total. The second-order valence-electron chi connectivity index (χ2n) is 7.84. The van der Waals surface area contributed by atoms with Crippen LogP contribution in [0.1, 0.15) is 22.6 Å². The van der Waals surface area contributed by atoms with Gasteiger partial charge in [-0.1, -0.05) is 36.4 Å². The maximum atomic E-state index is 13.1. The van der Waals surface area contributed by atoms with Crippen molar-refractivity contribution in [2.45, 2.75) is 5.92 Å². The van der Waals surface area contributed by atoms with Crippen LogP contribution in [-0.4, -0.2) is 23.5 Å². The first kappa shape index (κ1) is 22.2. The van der Waals surface area contributed by atoms with Gasteiger partial charge in [0.15, 0.2) is 0 Å². The molecule has 0 bridgehead atoms. The fourth-order valence-corrected chi connectivity index (χ4v) is 4.20. The Morgan fingerprint density at radius 2 is 1.23 bits per heavy atom. The molecule has 0 aliphatic carbocycles. The summed E-state index contributed by atoms with van der Waals surface area (Å²) in [7, 11) is 0. The monoisotopic (exact) mass is 474 g/mol. The molecule has 0 saturated heterocycles. The number of alkyl halides is 1. The molecule has 3 aromatic carbocycles. The molecule has 2 N–H and O–H groups in total. The first-order chi connectivity index (χ1) is 17.0. The van der Waals surface area contributed by atoms with E-state index >= 15 is 0 Å². The lowest BCUT2D eigenvalue weighted by atomic mass is 9.84. The van der Waals surface area contributed by atoms with E-state index in [1.165, 1.54) is 24.3 Å². The van der Waals surface area contributed by atoms with E-state index in [1.807, 2.05) is 0 Å². The van der Waals surface area contributed by atoms with Gasteiger partial charge in [0.1, 0.15) is 41.7 Å². The lowest BCUT2D eigenvalue weighted by molar-refractivity contribution is 0.273. The highest BCUT2D eigenvalue weighted by molar-refractivity contribution is 5.86. The van der Waals surface area contributed by atoms with Crippen LogP contribution in [0.3, 0.4) is 0 Å². The van der Waals surface area contributed by atoms with Crippen LogP contribution >= 0.6 is 0 Å². The van der Waals surface area contributed by atoms with Gasteiger partial charge in [-0.05, 0) is 42.0 Å². The molecule has 5 rings (SSSR count). The lowest BCUT2D eigenvalue weighted by Gasteiger charge is -2.20. The Morgan fingerprint density at radius 1 is 0.743 bits per heavy atom. The van der Waals surface area contributed by atoms with Gasteiger partial charge >= 0.3 is 11.3 Å². The fourth-order valence-electron chi connectivity index (χ4n) is 4.20. The maximum absolute atomic E-state index is 13.1. The zero-order valence-electron chi connectivity index (χ0n) is 18.2. The van der Waals surface area contributed by atoms with Crippen molar-refractivity contribution in [3.05, 3.63) is 110 Å². The molecule has 8 heteroatoms. The average Bonchev–Trinajstić information content (AvgIpc) is 2.87. The highest BCUT2D eigenvalue weighted by Gasteiger charge is 2.32. The number of rotatable bonds is 6. The van der Waals surface area contributed by atoms with Crippen LogP contribution in [0.4, 0.5) is 4.39 Å². The number of ether oxygens (including phenoxy) is 1. The van der Waals surface area contributed by atoms with Crippen molar-refractivity contribution < 1.29 is 28.2 Å². The summed E-state index contributed by atoms with van der Waals surface area (Å²) in [5.74, 6) is -1.64. The molecule has 0 aliphatic rings. The Balaban J connectivity index is 1.81. The van der Waals surface area contributed by atoms with Gasteiger partial charge in [-0.3, -0.25) is 0 Å². The third kappa shape index (κ3) is 3.89. The molecule has 0 aliphatic heterocycles. The van der Waals surface area contributed by atoms with Crippen molar-refractivity contribution in [3.63, 3.8) is 0 Å².